The number of carboxylic acid groups (broad SMARTS) is 1. The molecule has 4 heteroatoms. The molecule has 0 saturated heterocycles. The van der Waals surface area contributed by atoms with Crippen molar-refractivity contribution in [1.82, 2.24) is 0 Å². The van der Waals surface area contributed by atoms with Crippen LogP contribution >= 0.6 is 0 Å². The lowest BCUT2D eigenvalue weighted by molar-refractivity contribution is -0.122. The monoisotopic (exact) mass is 373 g/mol. The number of hydrogen-bond acceptors (Lipinski definition) is 3. The maximum Gasteiger partial charge on any atom is 0.290 e. The van der Waals surface area contributed by atoms with Crippen LogP contribution in [-0.2, 0) is 4.79 Å². The number of hydrogen-bond donors (Lipinski definition) is 1. The Bertz CT molecular complexity index is 1130. The average Bonchev–Trinajstić information content (AvgIpc) is 2.67. The SMILES string of the molecule is C=c1ccc2c(c1)Oc1cc(N(C)C)ccc1C=2c1ccccc1C.O=CO. The minimum atomic E-state index is -0.250. The highest BCUT2D eigenvalue weighted by Crippen LogP contribution is 2.38. The summed E-state index contributed by atoms with van der Waals surface area (Å²) in [6.07, 6.45) is 0. The molecule has 1 aliphatic rings. The molecule has 0 amide bonds. The summed E-state index contributed by atoms with van der Waals surface area (Å²) in [6, 6.07) is 21.1. The largest absolute Gasteiger partial charge is 0.483 e. The Morgan fingerprint density at radius 2 is 1.68 bits per heavy atom. The van der Waals surface area contributed by atoms with E-state index in [1.165, 1.54) is 16.7 Å². The fourth-order valence-corrected chi connectivity index (χ4v) is 3.35. The molecule has 0 atom stereocenters. The minimum absolute atomic E-state index is 0.250. The van der Waals surface area contributed by atoms with E-state index in [0.29, 0.717) is 0 Å². The van der Waals surface area contributed by atoms with Crippen LogP contribution in [0.3, 0.4) is 0 Å². The van der Waals surface area contributed by atoms with E-state index in [9.17, 15) is 0 Å². The second kappa shape index (κ2) is 8.01. The molecular weight excluding hydrogens is 350 g/mol. The zero-order chi connectivity index (χ0) is 20.3. The summed E-state index contributed by atoms with van der Waals surface area (Å²) in [5.41, 5.74) is 5.97. The first-order valence-electron chi connectivity index (χ1n) is 8.93. The van der Waals surface area contributed by atoms with Gasteiger partial charge in [0.1, 0.15) is 11.5 Å². The van der Waals surface area contributed by atoms with Gasteiger partial charge in [-0.25, -0.2) is 0 Å². The summed E-state index contributed by atoms with van der Waals surface area (Å²) < 4.78 is 6.25. The molecule has 1 heterocycles. The van der Waals surface area contributed by atoms with Crippen molar-refractivity contribution in [3.63, 3.8) is 0 Å². The molecule has 28 heavy (non-hydrogen) atoms. The predicted molar refractivity (Wildman–Crippen MR) is 114 cm³/mol. The van der Waals surface area contributed by atoms with Crippen molar-refractivity contribution in [2.24, 2.45) is 0 Å². The van der Waals surface area contributed by atoms with Gasteiger partial charge in [-0.05, 0) is 41.5 Å². The van der Waals surface area contributed by atoms with Crippen molar-refractivity contribution in [2.75, 3.05) is 19.0 Å². The van der Waals surface area contributed by atoms with Crippen molar-refractivity contribution >= 4 is 24.3 Å². The summed E-state index contributed by atoms with van der Waals surface area (Å²) in [5, 5.41) is 8.96. The van der Waals surface area contributed by atoms with Gasteiger partial charge in [0.25, 0.3) is 6.47 Å². The Balaban J connectivity index is 0.000000706. The van der Waals surface area contributed by atoms with Crippen molar-refractivity contribution in [3.05, 3.63) is 87.8 Å². The fourth-order valence-electron chi connectivity index (χ4n) is 3.35. The van der Waals surface area contributed by atoms with Gasteiger partial charge in [0.15, 0.2) is 0 Å². The van der Waals surface area contributed by atoms with Crippen LogP contribution < -0.4 is 20.1 Å². The summed E-state index contributed by atoms with van der Waals surface area (Å²) in [6.45, 7) is 5.95. The number of aryl methyl sites for hydroxylation is 1. The van der Waals surface area contributed by atoms with Crippen LogP contribution in [0.2, 0.25) is 0 Å². The van der Waals surface area contributed by atoms with Gasteiger partial charge in [-0.3, -0.25) is 4.79 Å². The minimum Gasteiger partial charge on any atom is -0.483 e. The Morgan fingerprint density at radius 3 is 2.36 bits per heavy atom. The van der Waals surface area contributed by atoms with E-state index in [1.54, 1.807) is 0 Å². The summed E-state index contributed by atoms with van der Waals surface area (Å²) in [4.78, 5) is 10.4. The lowest BCUT2D eigenvalue weighted by Crippen LogP contribution is -2.20. The second-order valence-corrected chi connectivity index (χ2v) is 6.80. The normalized spacial score (nSPS) is 11.3. The van der Waals surface area contributed by atoms with Crippen molar-refractivity contribution < 1.29 is 14.6 Å². The van der Waals surface area contributed by atoms with Gasteiger partial charge in [0.2, 0.25) is 0 Å². The van der Waals surface area contributed by atoms with E-state index in [2.05, 4.69) is 66.9 Å². The lowest BCUT2D eigenvalue weighted by atomic mass is 9.90. The standard InChI is InChI=1S/C23H21NO.CH2O2/c1-15-9-11-19-21(13-15)25-22-14-17(24(3)4)10-12-20(22)23(19)18-8-6-5-7-16(18)2;2-1-3/h5-14H,1H2,2-4H3;1H,(H,2,3). The first kappa shape index (κ1) is 19.2. The van der Waals surface area contributed by atoms with Gasteiger partial charge in [-0.2, -0.15) is 0 Å². The van der Waals surface area contributed by atoms with Gasteiger partial charge in [-0.15, -0.1) is 0 Å². The summed E-state index contributed by atoms with van der Waals surface area (Å²) in [5.74, 6) is 1.76. The molecule has 1 N–H and O–H groups in total. The Kier molecular flexibility index (Phi) is 5.50. The molecule has 4 nitrogen and oxygen atoms in total. The molecule has 3 aromatic rings. The maximum absolute atomic E-state index is 8.36. The van der Waals surface area contributed by atoms with Gasteiger partial charge < -0.3 is 14.7 Å². The van der Waals surface area contributed by atoms with Gasteiger partial charge >= 0.3 is 0 Å². The third-order valence-electron chi connectivity index (χ3n) is 4.70. The number of benzene rings is 3. The third-order valence-corrected chi connectivity index (χ3v) is 4.70. The molecule has 0 spiro atoms. The maximum atomic E-state index is 8.36. The predicted octanol–water partition coefficient (Wildman–Crippen LogP) is 3.53. The lowest BCUT2D eigenvalue weighted by Gasteiger charge is -2.24. The Hall–Kier alpha value is -3.53. The number of fused-ring (bicyclic) bond motifs is 2. The van der Waals surface area contributed by atoms with Crippen LogP contribution in [0.15, 0.2) is 60.7 Å². The number of rotatable bonds is 2. The van der Waals surface area contributed by atoms with E-state index in [1.807, 2.05) is 26.2 Å². The first-order valence-corrected chi connectivity index (χ1v) is 8.93. The highest BCUT2D eigenvalue weighted by atomic mass is 16.5. The average molecular weight is 373 g/mol. The van der Waals surface area contributed by atoms with Crippen LogP contribution in [-0.4, -0.2) is 25.7 Å². The highest BCUT2D eigenvalue weighted by molar-refractivity contribution is 5.87. The number of anilines is 1. The summed E-state index contributed by atoms with van der Waals surface area (Å²) in [7, 11) is 4.08. The summed E-state index contributed by atoms with van der Waals surface area (Å²) >= 11 is 0. The first-order chi connectivity index (χ1) is 13.5. The molecule has 0 unspecified atom stereocenters. The Morgan fingerprint density at radius 1 is 0.964 bits per heavy atom. The van der Waals surface area contributed by atoms with Crippen LogP contribution in [0, 0.1) is 6.92 Å². The molecule has 4 rings (SSSR count). The fraction of sp³-hybridized carbons (Fsp3) is 0.125. The smallest absolute Gasteiger partial charge is 0.290 e. The molecule has 0 bridgehead atoms. The molecule has 0 aromatic heterocycles. The van der Waals surface area contributed by atoms with Crippen LogP contribution in [0.5, 0.6) is 11.5 Å². The van der Waals surface area contributed by atoms with E-state index in [0.717, 1.165) is 33.2 Å². The van der Waals surface area contributed by atoms with E-state index >= 15 is 0 Å². The number of carbonyl (C=O) groups is 1. The molecule has 0 saturated carbocycles. The van der Waals surface area contributed by atoms with E-state index in [-0.39, 0.29) is 6.47 Å². The number of nitrogens with zero attached hydrogens (tertiary/aromatic N) is 1. The van der Waals surface area contributed by atoms with Crippen LogP contribution in [0.4, 0.5) is 5.69 Å². The van der Waals surface area contributed by atoms with E-state index in [4.69, 9.17) is 14.6 Å². The molecule has 0 radical (unpaired) electrons. The van der Waals surface area contributed by atoms with Crippen molar-refractivity contribution in [2.45, 2.75) is 6.92 Å². The molecule has 0 fully saturated rings. The van der Waals surface area contributed by atoms with Gasteiger partial charge in [0, 0.05) is 42.2 Å². The van der Waals surface area contributed by atoms with Crippen molar-refractivity contribution in [1.29, 1.82) is 0 Å². The quantitative estimate of drug-likeness (QED) is 0.546. The third kappa shape index (κ3) is 3.62. The van der Waals surface area contributed by atoms with Crippen molar-refractivity contribution in [3.8, 4) is 11.5 Å². The van der Waals surface area contributed by atoms with Crippen LogP contribution in [0.25, 0.3) is 12.2 Å². The molecule has 142 valence electrons. The molecular formula is C24H23NO3. The zero-order valence-corrected chi connectivity index (χ0v) is 16.3. The zero-order valence-electron chi connectivity index (χ0n) is 16.3. The second-order valence-electron chi connectivity index (χ2n) is 6.80. The molecule has 3 aromatic carbocycles. The highest BCUT2D eigenvalue weighted by Gasteiger charge is 2.21. The topological polar surface area (TPSA) is 49.8 Å². The Labute approximate surface area is 164 Å². The van der Waals surface area contributed by atoms with Gasteiger partial charge in [0.05, 0.1) is 0 Å². The van der Waals surface area contributed by atoms with E-state index < -0.39 is 0 Å². The molecule has 0 aliphatic carbocycles. The molecule has 1 aliphatic heterocycles. The number of ether oxygens (including phenoxy) is 1. The van der Waals surface area contributed by atoms with Crippen LogP contribution in [0.1, 0.15) is 16.7 Å². The van der Waals surface area contributed by atoms with Gasteiger partial charge in [-0.1, -0.05) is 43.0 Å².